The van der Waals surface area contributed by atoms with Crippen molar-refractivity contribution in [1.29, 1.82) is 0 Å². The van der Waals surface area contributed by atoms with Crippen molar-refractivity contribution >= 4 is 17.1 Å². The molecule has 0 saturated heterocycles. The van der Waals surface area contributed by atoms with Gasteiger partial charge < -0.3 is 14.5 Å². The number of carbonyl (C=O) groups is 1. The van der Waals surface area contributed by atoms with Gasteiger partial charge in [0.2, 0.25) is 0 Å². The van der Waals surface area contributed by atoms with E-state index in [4.69, 9.17) is 9.15 Å². The van der Waals surface area contributed by atoms with E-state index in [-0.39, 0.29) is 6.54 Å². The number of rotatable bonds is 2. The molecule has 5 nitrogen and oxygen atoms in total. The van der Waals surface area contributed by atoms with Gasteiger partial charge in [0, 0.05) is 5.39 Å². The Morgan fingerprint density at radius 1 is 1.29 bits per heavy atom. The normalized spacial score (nSPS) is 11.4. The van der Waals surface area contributed by atoms with Gasteiger partial charge in [0.25, 0.3) is 0 Å². The minimum Gasteiger partial charge on any atom is -0.444 e. The van der Waals surface area contributed by atoms with E-state index in [0.29, 0.717) is 11.1 Å². The molecule has 0 saturated carbocycles. The fraction of sp³-hybridized carbons (Fsp3) is 0.375. The van der Waals surface area contributed by atoms with Gasteiger partial charge in [-0.2, -0.15) is 0 Å². The highest BCUT2D eigenvalue weighted by Gasteiger charge is 2.16. The zero-order chi connectivity index (χ0) is 15.6. The number of benzene rings is 1. The monoisotopic (exact) mass is 289 g/mol. The van der Waals surface area contributed by atoms with E-state index in [2.05, 4.69) is 5.32 Å². The number of fused-ring (bicyclic) bond motifs is 1. The molecule has 0 bridgehead atoms. The molecule has 1 aromatic heterocycles. The van der Waals surface area contributed by atoms with Crippen molar-refractivity contribution in [3.8, 4) is 0 Å². The van der Waals surface area contributed by atoms with E-state index in [0.717, 1.165) is 10.9 Å². The molecule has 0 aliphatic rings. The Morgan fingerprint density at radius 3 is 2.67 bits per heavy atom. The summed E-state index contributed by atoms with van der Waals surface area (Å²) in [6.45, 7) is 7.33. The second kappa shape index (κ2) is 5.60. The van der Waals surface area contributed by atoms with Crippen LogP contribution in [0.15, 0.2) is 33.5 Å². The third-order valence-corrected chi connectivity index (χ3v) is 2.79. The summed E-state index contributed by atoms with van der Waals surface area (Å²) >= 11 is 0. The highest BCUT2D eigenvalue weighted by molar-refractivity contribution is 5.77. The number of nitrogens with one attached hydrogen (secondary N) is 1. The maximum Gasteiger partial charge on any atom is 0.407 e. The van der Waals surface area contributed by atoms with Crippen LogP contribution >= 0.6 is 0 Å². The molecule has 1 aromatic carbocycles. The molecule has 2 aromatic rings. The standard InChI is InChI=1S/C16H19NO4/c1-10-5-6-11-8-12(14(18)20-13(11)7-10)9-17-15(19)21-16(2,3)4/h5-8H,9H2,1-4H3,(H,17,19). The largest absolute Gasteiger partial charge is 0.444 e. The second-order valence-electron chi connectivity index (χ2n) is 5.96. The molecule has 2 rings (SSSR count). The molecule has 0 atom stereocenters. The average Bonchev–Trinajstić information content (AvgIpc) is 2.34. The number of amides is 1. The van der Waals surface area contributed by atoms with Gasteiger partial charge in [-0.15, -0.1) is 0 Å². The summed E-state index contributed by atoms with van der Waals surface area (Å²) in [6.07, 6.45) is -0.564. The summed E-state index contributed by atoms with van der Waals surface area (Å²) in [6, 6.07) is 7.35. The summed E-state index contributed by atoms with van der Waals surface area (Å²) in [5.74, 6) is 0. The van der Waals surface area contributed by atoms with Crippen LogP contribution in [-0.2, 0) is 11.3 Å². The average molecular weight is 289 g/mol. The Bertz CT molecular complexity index is 725. The van der Waals surface area contributed by atoms with Gasteiger partial charge in [-0.25, -0.2) is 9.59 Å². The van der Waals surface area contributed by atoms with Crippen molar-refractivity contribution < 1.29 is 13.9 Å². The van der Waals surface area contributed by atoms with Gasteiger partial charge in [0.05, 0.1) is 12.1 Å². The van der Waals surface area contributed by atoms with Crippen molar-refractivity contribution in [2.75, 3.05) is 0 Å². The minimum absolute atomic E-state index is 0.0705. The molecule has 1 heterocycles. The van der Waals surface area contributed by atoms with Crippen LogP contribution in [-0.4, -0.2) is 11.7 Å². The summed E-state index contributed by atoms with van der Waals surface area (Å²) in [5, 5.41) is 3.37. The Hall–Kier alpha value is -2.30. The number of hydrogen-bond acceptors (Lipinski definition) is 4. The molecular formula is C16H19NO4. The van der Waals surface area contributed by atoms with Crippen LogP contribution in [0.4, 0.5) is 4.79 Å². The summed E-state index contributed by atoms with van der Waals surface area (Å²) in [5.41, 5.74) is 0.919. The summed E-state index contributed by atoms with van der Waals surface area (Å²) in [7, 11) is 0. The Morgan fingerprint density at radius 2 is 2.00 bits per heavy atom. The summed E-state index contributed by atoms with van der Waals surface area (Å²) < 4.78 is 10.4. The molecular weight excluding hydrogens is 270 g/mol. The second-order valence-corrected chi connectivity index (χ2v) is 5.96. The van der Waals surface area contributed by atoms with E-state index in [1.54, 1.807) is 26.8 Å². The highest BCUT2D eigenvalue weighted by atomic mass is 16.6. The van der Waals surface area contributed by atoms with Crippen molar-refractivity contribution in [1.82, 2.24) is 5.32 Å². The van der Waals surface area contributed by atoms with Crippen LogP contribution in [0, 0.1) is 6.92 Å². The Balaban J connectivity index is 2.16. The van der Waals surface area contributed by atoms with E-state index >= 15 is 0 Å². The molecule has 0 aliphatic heterocycles. The Kier molecular flexibility index (Phi) is 4.02. The first-order chi connectivity index (χ1) is 9.74. The van der Waals surface area contributed by atoms with Crippen LogP contribution in [0.5, 0.6) is 0 Å². The van der Waals surface area contributed by atoms with Crippen molar-refractivity contribution in [3.63, 3.8) is 0 Å². The fourth-order valence-corrected chi connectivity index (χ4v) is 1.87. The molecule has 1 N–H and O–H groups in total. The highest BCUT2D eigenvalue weighted by Crippen LogP contribution is 2.15. The van der Waals surface area contributed by atoms with Gasteiger partial charge in [0.15, 0.2) is 0 Å². The number of hydrogen-bond donors (Lipinski definition) is 1. The predicted octanol–water partition coefficient (Wildman–Crippen LogP) is 3.13. The quantitative estimate of drug-likeness (QED) is 0.862. The molecule has 112 valence electrons. The first-order valence-electron chi connectivity index (χ1n) is 6.75. The van der Waals surface area contributed by atoms with Gasteiger partial charge in [-0.1, -0.05) is 12.1 Å². The minimum atomic E-state index is -0.574. The Labute approximate surface area is 122 Å². The predicted molar refractivity (Wildman–Crippen MR) is 80.3 cm³/mol. The van der Waals surface area contributed by atoms with E-state index in [9.17, 15) is 9.59 Å². The maximum absolute atomic E-state index is 11.9. The molecule has 5 heteroatoms. The van der Waals surface area contributed by atoms with Crippen LogP contribution in [0.1, 0.15) is 31.9 Å². The lowest BCUT2D eigenvalue weighted by molar-refractivity contribution is 0.0523. The number of carbonyl (C=O) groups excluding carboxylic acids is 1. The fourth-order valence-electron chi connectivity index (χ4n) is 1.87. The lowest BCUT2D eigenvalue weighted by Gasteiger charge is -2.19. The van der Waals surface area contributed by atoms with Gasteiger partial charge in [-0.05, 0) is 45.4 Å². The number of aryl methyl sites for hydroxylation is 1. The van der Waals surface area contributed by atoms with Gasteiger partial charge >= 0.3 is 11.7 Å². The number of alkyl carbamates (subject to hydrolysis) is 1. The molecule has 0 unspecified atom stereocenters. The zero-order valence-corrected chi connectivity index (χ0v) is 12.6. The third-order valence-electron chi connectivity index (χ3n) is 2.79. The van der Waals surface area contributed by atoms with Crippen molar-refractivity contribution in [2.24, 2.45) is 0 Å². The molecule has 1 amide bonds. The summed E-state index contributed by atoms with van der Waals surface area (Å²) in [4.78, 5) is 23.5. The van der Waals surface area contributed by atoms with Crippen LogP contribution in [0.2, 0.25) is 0 Å². The van der Waals surface area contributed by atoms with Crippen LogP contribution < -0.4 is 10.9 Å². The van der Waals surface area contributed by atoms with Crippen LogP contribution in [0.25, 0.3) is 11.0 Å². The lowest BCUT2D eigenvalue weighted by Crippen LogP contribution is -2.33. The van der Waals surface area contributed by atoms with Gasteiger partial charge in [-0.3, -0.25) is 0 Å². The molecule has 0 aliphatic carbocycles. The first kappa shape index (κ1) is 15.1. The van der Waals surface area contributed by atoms with E-state index in [1.165, 1.54) is 0 Å². The molecule has 0 fully saturated rings. The van der Waals surface area contributed by atoms with Crippen molar-refractivity contribution in [3.05, 3.63) is 45.8 Å². The molecule has 21 heavy (non-hydrogen) atoms. The molecule has 0 spiro atoms. The first-order valence-corrected chi connectivity index (χ1v) is 6.75. The smallest absolute Gasteiger partial charge is 0.407 e. The lowest BCUT2D eigenvalue weighted by atomic mass is 10.1. The SMILES string of the molecule is Cc1ccc2cc(CNC(=O)OC(C)(C)C)c(=O)oc2c1. The van der Waals surface area contributed by atoms with Gasteiger partial charge in [0.1, 0.15) is 11.2 Å². The number of ether oxygens (including phenoxy) is 1. The van der Waals surface area contributed by atoms with E-state index < -0.39 is 17.3 Å². The van der Waals surface area contributed by atoms with Crippen LogP contribution in [0.3, 0.4) is 0 Å². The topological polar surface area (TPSA) is 68.5 Å². The van der Waals surface area contributed by atoms with Crippen molar-refractivity contribution in [2.45, 2.75) is 39.8 Å². The maximum atomic E-state index is 11.9. The zero-order valence-electron chi connectivity index (χ0n) is 12.6. The van der Waals surface area contributed by atoms with E-state index in [1.807, 2.05) is 25.1 Å². The molecule has 0 radical (unpaired) electrons. The third kappa shape index (κ3) is 4.08.